The monoisotopic (exact) mass is 1040 g/mol. The molecule has 15 N–H and O–H groups in total. The number of cyclic esters (lactones) is 1. The van der Waals surface area contributed by atoms with Crippen molar-refractivity contribution < 1.29 is 89.2 Å². The van der Waals surface area contributed by atoms with Gasteiger partial charge in [-0.1, -0.05) is 98.9 Å². The quantitative estimate of drug-likeness (QED) is 0.115. The van der Waals surface area contributed by atoms with Gasteiger partial charge in [-0.25, -0.2) is 0 Å². The Morgan fingerprint density at radius 1 is 0.685 bits per heavy atom. The number of carbonyl (C=O) groups is 4. The molecule has 3 aliphatic heterocycles. The second-order valence-corrected chi connectivity index (χ2v) is 19.1. The van der Waals surface area contributed by atoms with Crippen LogP contribution in [0.15, 0.2) is 85.1 Å². The van der Waals surface area contributed by atoms with Gasteiger partial charge in [-0.05, 0) is 33.1 Å². The molecule has 0 aromatic heterocycles. The highest BCUT2D eigenvalue weighted by molar-refractivity contribution is 5.83. The number of carbonyl (C=O) groups excluding carboxylic acids is 4. The van der Waals surface area contributed by atoms with Crippen LogP contribution in [0, 0.1) is 17.8 Å². The van der Waals surface area contributed by atoms with Crippen molar-refractivity contribution in [3.8, 4) is 0 Å². The molecule has 73 heavy (non-hydrogen) atoms. The topological polar surface area (TPSA) is 370 Å². The van der Waals surface area contributed by atoms with Crippen molar-refractivity contribution >= 4 is 23.7 Å². The molecular weight excluding hydrogens is 957 g/mol. The Labute approximate surface area is 426 Å². The molecule has 0 spiro atoms. The van der Waals surface area contributed by atoms with Crippen molar-refractivity contribution in [2.24, 2.45) is 23.5 Å². The van der Waals surface area contributed by atoms with Crippen LogP contribution in [0.1, 0.15) is 86.0 Å². The van der Waals surface area contributed by atoms with Crippen molar-refractivity contribution in [1.82, 2.24) is 16.2 Å². The minimum atomic E-state index is -2.39. The average Bonchev–Trinajstić information content (AvgIpc) is 3.31. The molecule has 0 aliphatic carbocycles. The third-order valence-electron chi connectivity index (χ3n) is 12.9. The van der Waals surface area contributed by atoms with E-state index in [0.29, 0.717) is 0 Å². The van der Waals surface area contributed by atoms with Crippen LogP contribution >= 0.6 is 0 Å². The maximum atomic E-state index is 13.6. The number of nitrogens with two attached hydrogens (primary N) is 1. The number of aliphatic hydroxyl groups is 10. The zero-order valence-electron chi connectivity index (χ0n) is 42.2. The summed E-state index contributed by atoms with van der Waals surface area (Å²) in [7, 11) is 0. The van der Waals surface area contributed by atoms with Gasteiger partial charge in [-0.3, -0.25) is 30.0 Å². The van der Waals surface area contributed by atoms with Gasteiger partial charge in [0.25, 0.3) is 0 Å². The van der Waals surface area contributed by atoms with E-state index in [-0.39, 0.29) is 31.6 Å². The number of hydrogen-bond acceptors (Lipinski definition) is 19. The molecule has 2 bridgehead atoms. The Morgan fingerprint density at radius 3 is 1.86 bits per heavy atom. The maximum Gasteiger partial charge on any atom is 0.308 e. The van der Waals surface area contributed by atoms with E-state index >= 15 is 0 Å². The summed E-state index contributed by atoms with van der Waals surface area (Å²) in [5, 5.41) is 113. The van der Waals surface area contributed by atoms with Gasteiger partial charge in [-0.15, -0.1) is 0 Å². The molecule has 22 nitrogen and oxygen atoms in total. The van der Waals surface area contributed by atoms with E-state index in [9.17, 15) is 70.2 Å². The summed E-state index contributed by atoms with van der Waals surface area (Å²) in [6, 6.07) is -1.30. The molecule has 3 amide bonds. The van der Waals surface area contributed by atoms with Crippen molar-refractivity contribution in [3.63, 3.8) is 0 Å². The summed E-state index contributed by atoms with van der Waals surface area (Å²) >= 11 is 0. The molecule has 19 atom stereocenters. The van der Waals surface area contributed by atoms with E-state index in [1.807, 2.05) is 13.0 Å². The minimum absolute atomic E-state index is 0.133. The number of hydrazine groups is 1. The molecule has 3 aliphatic rings. The van der Waals surface area contributed by atoms with Crippen molar-refractivity contribution in [2.75, 3.05) is 6.54 Å². The molecule has 0 unspecified atom stereocenters. The van der Waals surface area contributed by atoms with E-state index < -0.39 is 165 Å². The molecule has 0 aromatic carbocycles. The van der Waals surface area contributed by atoms with Gasteiger partial charge in [-0.2, -0.15) is 0 Å². The normalized spacial score (nSPS) is 41.6. The Hall–Kier alpha value is -4.50. The van der Waals surface area contributed by atoms with Crippen LogP contribution in [0.4, 0.5) is 0 Å². The zero-order valence-corrected chi connectivity index (χ0v) is 42.2. The largest absolute Gasteiger partial charge is 0.462 e. The maximum absolute atomic E-state index is 13.6. The second kappa shape index (κ2) is 31.4. The van der Waals surface area contributed by atoms with Gasteiger partial charge in [0.05, 0.1) is 86.0 Å². The number of nitrogens with one attached hydrogen (secondary N) is 3. The van der Waals surface area contributed by atoms with Crippen LogP contribution in [-0.2, 0) is 38.1 Å². The van der Waals surface area contributed by atoms with Crippen molar-refractivity contribution in [1.29, 1.82) is 0 Å². The van der Waals surface area contributed by atoms with Crippen molar-refractivity contribution in [2.45, 2.75) is 183 Å². The highest BCUT2D eigenvalue weighted by Gasteiger charge is 2.51. The molecular formula is C51H80N4O18. The molecule has 412 valence electrons. The molecule has 3 rings (SSSR count). The minimum Gasteiger partial charge on any atom is -0.462 e. The van der Waals surface area contributed by atoms with Gasteiger partial charge in [0.15, 0.2) is 12.1 Å². The van der Waals surface area contributed by atoms with Crippen LogP contribution in [0.25, 0.3) is 0 Å². The molecule has 0 aromatic rings. The number of aliphatic hydroxyl groups excluding tert-OH is 9. The summed E-state index contributed by atoms with van der Waals surface area (Å²) < 4.78 is 23.6. The number of esters is 1. The van der Waals surface area contributed by atoms with Crippen LogP contribution in [0.3, 0.4) is 0 Å². The first-order valence-corrected chi connectivity index (χ1v) is 24.7. The van der Waals surface area contributed by atoms with Gasteiger partial charge in [0.1, 0.15) is 18.3 Å². The Balaban J connectivity index is 1.97. The number of ether oxygens (including phenoxy) is 4. The first-order chi connectivity index (χ1) is 34.4. The summed E-state index contributed by atoms with van der Waals surface area (Å²) in [6.45, 7) is 7.34. The number of hydrogen-bond donors (Lipinski definition) is 14. The first kappa shape index (κ1) is 62.8. The van der Waals surface area contributed by atoms with Crippen LogP contribution < -0.4 is 21.9 Å². The molecule has 22 heteroatoms. The van der Waals surface area contributed by atoms with Crippen LogP contribution in [0.5, 0.6) is 0 Å². The predicted octanol–water partition coefficient (Wildman–Crippen LogP) is -1.09. The number of rotatable bonds is 5. The standard InChI is InChI=1S/C51H80N4O18/c1-29-18-16-14-12-10-8-6-7-9-11-13-15-17-19-37(72-50-48(67)45(53-42(63)28-52)47(66)32(4)71-50)25-41-44(49(68)55-54-33(5)56)40(62)27-51(69,73-41)26-36(59)23-39(61)38(60)21-20-34(57)22-35(58)24-43(64)70-31(3)30(2)46(29)65/h6-19,29-32,34-41,44-48,50,57-62,65-67,69H,20-28,52H2,1-5H3,(H,53,63)(H,54,56)(H,55,68)/b7-6+,10-8+,11-9+,14-12+,15-13+,18-16+,19-17+/t29-,30-,31-,32+,34+,35+,36-,37-,38+,39+,40-,41-,44+,45-,46+,47+,48-,50-,51+/m0/s1. The Bertz CT molecular complexity index is 1950. The van der Waals surface area contributed by atoms with E-state index in [1.54, 1.807) is 86.8 Å². The molecule has 3 heterocycles. The SMILES string of the molecule is CC(=O)NNC(=O)[C@H]1[C@@H]2C[C@@H](O[C@@H]3O[C@H](C)[C@@H](O)[C@H](NC(=O)CN)[C@@H]3O)/C=C/C=C/C=C/C=C/C=C/C=C/C=C/[C@H](C)[C@@H](O)[C@@H](C)[C@H](C)OC(=O)C[C@H](O)C[C@H](O)CC[C@@H](O)[C@H](O)C[C@H](O)C[C@](O)(C[C@@H]1O)O2. The summed E-state index contributed by atoms with van der Waals surface area (Å²) in [6.07, 6.45) is 1.99. The fourth-order valence-electron chi connectivity index (χ4n) is 8.60. The number of allylic oxidation sites excluding steroid dienone is 12. The number of fused-ring (bicyclic) bond motifs is 2. The predicted molar refractivity (Wildman–Crippen MR) is 264 cm³/mol. The third kappa shape index (κ3) is 21.7. The van der Waals surface area contributed by atoms with E-state index in [4.69, 9.17) is 24.7 Å². The molecule has 2 fully saturated rings. The third-order valence-corrected chi connectivity index (χ3v) is 12.9. The fourth-order valence-corrected chi connectivity index (χ4v) is 8.60. The van der Waals surface area contributed by atoms with E-state index in [1.165, 1.54) is 13.0 Å². The lowest BCUT2D eigenvalue weighted by atomic mass is 9.82. The molecule has 0 saturated carbocycles. The highest BCUT2D eigenvalue weighted by atomic mass is 16.7. The lowest BCUT2D eigenvalue weighted by Crippen LogP contribution is -2.64. The summed E-state index contributed by atoms with van der Waals surface area (Å²) in [4.78, 5) is 50.3. The van der Waals surface area contributed by atoms with Crippen molar-refractivity contribution in [3.05, 3.63) is 85.1 Å². The lowest BCUT2D eigenvalue weighted by Gasteiger charge is -2.46. The molecule has 2 saturated heterocycles. The smallest absolute Gasteiger partial charge is 0.308 e. The lowest BCUT2D eigenvalue weighted by molar-refractivity contribution is -0.307. The van der Waals surface area contributed by atoms with E-state index in [2.05, 4.69) is 16.2 Å². The molecule has 0 radical (unpaired) electrons. The van der Waals surface area contributed by atoms with Crippen LogP contribution in [0.2, 0.25) is 0 Å². The van der Waals surface area contributed by atoms with Gasteiger partial charge in [0.2, 0.25) is 17.7 Å². The Kier molecular flexibility index (Phi) is 27.0. The summed E-state index contributed by atoms with van der Waals surface area (Å²) in [5.41, 5.74) is 9.82. The van der Waals surface area contributed by atoms with Gasteiger partial charge < -0.3 is 81.1 Å². The first-order valence-electron chi connectivity index (χ1n) is 24.7. The van der Waals surface area contributed by atoms with Crippen LogP contribution in [-0.4, -0.2) is 179 Å². The van der Waals surface area contributed by atoms with E-state index in [0.717, 1.165) is 6.92 Å². The second-order valence-electron chi connectivity index (χ2n) is 19.1. The average molecular weight is 1040 g/mol. The van der Waals surface area contributed by atoms with Gasteiger partial charge in [0, 0.05) is 44.4 Å². The van der Waals surface area contributed by atoms with Gasteiger partial charge >= 0.3 is 5.97 Å². The highest BCUT2D eigenvalue weighted by Crippen LogP contribution is 2.38. The zero-order chi connectivity index (χ0) is 54.4. The Morgan fingerprint density at radius 2 is 1.27 bits per heavy atom. The number of amides is 3. The summed E-state index contributed by atoms with van der Waals surface area (Å²) in [5.74, 6) is -7.68. The fraction of sp³-hybridized carbons (Fsp3) is 0.647.